The predicted octanol–water partition coefficient (Wildman–Crippen LogP) is 2.10. The maximum atomic E-state index is 12.0. The minimum absolute atomic E-state index is 0.174. The van der Waals surface area contributed by atoms with Crippen molar-refractivity contribution in [2.24, 2.45) is 0 Å². The highest BCUT2D eigenvalue weighted by atomic mass is 16.6. The number of likely N-dealkylation sites (tertiary alicyclic amines) is 2. The van der Waals surface area contributed by atoms with E-state index in [9.17, 15) is 4.79 Å². The van der Waals surface area contributed by atoms with Crippen molar-refractivity contribution in [3.05, 3.63) is 35.9 Å². The van der Waals surface area contributed by atoms with Crippen LogP contribution in [0.15, 0.2) is 30.3 Å². The average molecular weight is 260 g/mol. The number of rotatable bonds is 3. The summed E-state index contributed by atoms with van der Waals surface area (Å²) in [5, 5.41) is 0. The lowest BCUT2D eigenvalue weighted by Crippen LogP contribution is -2.46. The summed E-state index contributed by atoms with van der Waals surface area (Å²) < 4.78 is 5.36. The summed E-state index contributed by atoms with van der Waals surface area (Å²) in [6.45, 7) is 4.40. The molecule has 0 saturated carbocycles. The molecule has 0 spiro atoms. The quantitative estimate of drug-likeness (QED) is 0.834. The molecule has 1 amide bonds. The second-order valence-electron chi connectivity index (χ2n) is 5.32. The maximum absolute atomic E-state index is 12.0. The highest BCUT2D eigenvalue weighted by molar-refractivity contribution is 5.68. The molecule has 0 bridgehead atoms. The molecule has 3 rings (SSSR count). The van der Waals surface area contributed by atoms with E-state index in [1.54, 1.807) is 0 Å². The van der Waals surface area contributed by atoms with Crippen molar-refractivity contribution in [3.8, 4) is 0 Å². The summed E-state index contributed by atoms with van der Waals surface area (Å²) in [5.41, 5.74) is 1.04. The van der Waals surface area contributed by atoms with Crippen LogP contribution in [-0.2, 0) is 11.3 Å². The smallest absolute Gasteiger partial charge is 0.410 e. The SMILES string of the molecule is O=C(OCc1ccccc1)N1CC[C@H](N2CCC2)C1. The highest BCUT2D eigenvalue weighted by Crippen LogP contribution is 2.21. The summed E-state index contributed by atoms with van der Waals surface area (Å²) in [6, 6.07) is 10.4. The molecule has 1 aromatic rings. The van der Waals surface area contributed by atoms with Gasteiger partial charge in [-0.25, -0.2) is 4.79 Å². The fourth-order valence-electron chi connectivity index (χ4n) is 2.72. The molecule has 2 heterocycles. The first kappa shape index (κ1) is 12.5. The third kappa shape index (κ3) is 2.89. The van der Waals surface area contributed by atoms with Gasteiger partial charge in [0.1, 0.15) is 6.61 Å². The molecule has 0 unspecified atom stereocenters. The molecule has 2 aliphatic heterocycles. The fraction of sp³-hybridized carbons (Fsp3) is 0.533. The van der Waals surface area contributed by atoms with Gasteiger partial charge in [-0.15, -0.1) is 0 Å². The molecule has 1 atom stereocenters. The Hall–Kier alpha value is -1.55. The molecule has 4 heteroatoms. The fourth-order valence-corrected chi connectivity index (χ4v) is 2.72. The van der Waals surface area contributed by atoms with Gasteiger partial charge in [-0.05, 0) is 31.5 Å². The van der Waals surface area contributed by atoms with Crippen LogP contribution in [0.1, 0.15) is 18.4 Å². The van der Waals surface area contributed by atoms with Crippen LogP contribution < -0.4 is 0 Å². The number of hydrogen-bond acceptors (Lipinski definition) is 3. The maximum Gasteiger partial charge on any atom is 0.410 e. The zero-order chi connectivity index (χ0) is 13.1. The van der Waals surface area contributed by atoms with Crippen LogP contribution in [-0.4, -0.2) is 48.1 Å². The van der Waals surface area contributed by atoms with E-state index in [2.05, 4.69) is 4.90 Å². The molecular weight excluding hydrogens is 240 g/mol. The van der Waals surface area contributed by atoms with Gasteiger partial charge >= 0.3 is 6.09 Å². The Kier molecular flexibility index (Phi) is 3.69. The van der Waals surface area contributed by atoms with Crippen LogP contribution >= 0.6 is 0 Å². The lowest BCUT2D eigenvalue weighted by Gasteiger charge is -2.36. The zero-order valence-electron chi connectivity index (χ0n) is 11.1. The second kappa shape index (κ2) is 5.61. The third-order valence-electron chi connectivity index (χ3n) is 4.03. The van der Waals surface area contributed by atoms with E-state index in [-0.39, 0.29) is 6.09 Å². The molecule has 2 fully saturated rings. The average Bonchev–Trinajstić information content (AvgIpc) is 2.84. The minimum Gasteiger partial charge on any atom is -0.445 e. The normalized spacial score (nSPS) is 23.2. The number of benzene rings is 1. The number of ether oxygens (including phenoxy) is 1. The molecule has 0 radical (unpaired) electrons. The number of nitrogens with zero attached hydrogens (tertiary/aromatic N) is 2. The lowest BCUT2D eigenvalue weighted by molar-refractivity contribution is 0.0917. The van der Waals surface area contributed by atoms with Gasteiger partial charge in [-0.3, -0.25) is 4.90 Å². The van der Waals surface area contributed by atoms with Crippen molar-refractivity contribution < 1.29 is 9.53 Å². The third-order valence-corrected chi connectivity index (χ3v) is 4.03. The van der Waals surface area contributed by atoms with Gasteiger partial charge in [-0.2, -0.15) is 0 Å². The molecule has 102 valence electrons. The van der Waals surface area contributed by atoms with E-state index in [0.29, 0.717) is 12.6 Å². The number of amides is 1. The molecule has 2 aliphatic rings. The van der Waals surface area contributed by atoms with Crippen LogP contribution in [0.2, 0.25) is 0 Å². The molecule has 2 saturated heterocycles. The summed E-state index contributed by atoms with van der Waals surface area (Å²) in [7, 11) is 0. The summed E-state index contributed by atoms with van der Waals surface area (Å²) >= 11 is 0. The van der Waals surface area contributed by atoms with Crippen molar-refractivity contribution >= 4 is 6.09 Å². The van der Waals surface area contributed by atoms with Crippen LogP contribution in [0.4, 0.5) is 4.79 Å². The van der Waals surface area contributed by atoms with E-state index in [0.717, 1.165) is 25.1 Å². The van der Waals surface area contributed by atoms with E-state index in [4.69, 9.17) is 4.74 Å². The number of hydrogen-bond donors (Lipinski definition) is 0. The van der Waals surface area contributed by atoms with Gasteiger partial charge in [0.2, 0.25) is 0 Å². The Morgan fingerprint density at radius 2 is 2.00 bits per heavy atom. The Morgan fingerprint density at radius 1 is 1.21 bits per heavy atom. The number of carbonyl (C=O) groups is 1. The molecule has 0 aromatic heterocycles. The molecule has 19 heavy (non-hydrogen) atoms. The summed E-state index contributed by atoms with van der Waals surface area (Å²) in [5.74, 6) is 0. The first-order valence-electron chi connectivity index (χ1n) is 7.02. The lowest BCUT2D eigenvalue weighted by atomic mass is 10.1. The Labute approximate surface area is 113 Å². The molecule has 0 aliphatic carbocycles. The number of carbonyl (C=O) groups excluding carboxylic acids is 1. The highest BCUT2D eigenvalue weighted by Gasteiger charge is 2.33. The first-order valence-corrected chi connectivity index (χ1v) is 7.02. The van der Waals surface area contributed by atoms with Gasteiger partial charge < -0.3 is 9.64 Å². The minimum atomic E-state index is -0.174. The second-order valence-corrected chi connectivity index (χ2v) is 5.32. The monoisotopic (exact) mass is 260 g/mol. The molecule has 4 nitrogen and oxygen atoms in total. The molecule has 0 N–H and O–H groups in total. The predicted molar refractivity (Wildman–Crippen MR) is 72.8 cm³/mol. The van der Waals surface area contributed by atoms with Crippen molar-refractivity contribution in [3.63, 3.8) is 0 Å². The van der Waals surface area contributed by atoms with E-state index in [1.807, 2.05) is 35.2 Å². The van der Waals surface area contributed by atoms with Crippen molar-refractivity contribution in [1.29, 1.82) is 0 Å². The van der Waals surface area contributed by atoms with Gasteiger partial charge in [0.25, 0.3) is 0 Å². The van der Waals surface area contributed by atoms with Crippen LogP contribution in [0.25, 0.3) is 0 Å². The van der Waals surface area contributed by atoms with Crippen LogP contribution in [0.5, 0.6) is 0 Å². The Bertz CT molecular complexity index is 431. The Balaban J connectivity index is 1.46. The van der Waals surface area contributed by atoms with E-state index < -0.39 is 0 Å². The van der Waals surface area contributed by atoms with Crippen LogP contribution in [0, 0.1) is 0 Å². The summed E-state index contributed by atoms with van der Waals surface area (Å²) in [6.07, 6.45) is 2.21. The first-order chi connectivity index (χ1) is 9.33. The van der Waals surface area contributed by atoms with Gasteiger partial charge in [0.15, 0.2) is 0 Å². The van der Waals surface area contributed by atoms with Crippen molar-refractivity contribution in [2.45, 2.75) is 25.5 Å². The van der Waals surface area contributed by atoms with Crippen LogP contribution in [0.3, 0.4) is 0 Å². The zero-order valence-corrected chi connectivity index (χ0v) is 11.1. The van der Waals surface area contributed by atoms with Crippen molar-refractivity contribution in [1.82, 2.24) is 9.80 Å². The summed E-state index contributed by atoms with van der Waals surface area (Å²) in [4.78, 5) is 16.3. The standard InChI is InChI=1S/C15H20N2O2/c18-15(19-12-13-5-2-1-3-6-13)17-10-7-14(11-17)16-8-4-9-16/h1-3,5-6,14H,4,7-12H2/t14-/m0/s1. The molecule has 1 aromatic carbocycles. The van der Waals surface area contributed by atoms with E-state index in [1.165, 1.54) is 19.5 Å². The van der Waals surface area contributed by atoms with E-state index >= 15 is 0 Å². The topological polar surface area (TPSA) is 32.8 Å². The van der Waals surface area contributed by atoms with Gasteiger partial charge in [0.05, 0.1) is 0 Å². The van der Waals surface area contributed by atoms with Gasteiger partial charge in [-0.1, -0.05) is 30.3 Å². The largest absolute Gasteiger partial charge is 0.445 e. The molecular formula is C15H20N2O2. The Morgan fingerprint density at radius 3 is 2.68 bits per heavy atom. The van der Waals surface area contributed by atoms with Gasteiger partial charge in [0, 0.05) is 19.1 Å². The van der Waals surface area contributed by atoms with Crippen molar-refractivity contribution in [2.75, 3.05) is 26.2 Å².